The van der Waals surface area contributed by atoms with Crippen molar-refractivity contribution in [2.45, 2.75) is 83.3 Å². The molecular weight excluding hydrogens is 450 g/mol. The lowest BCUT2D eigenvalue weighted by Gasteiger charge is -2.60. The van der Waals surface area contributed by atoms with Crippen LogP contribution >= 0.6 is 12.6 Å². The molecule has 0 aromatic heterocycles. The Morgan fingerprint density at radius 2 is 1.94 bits per heavy atom. The monoisotopic (exact) mass is 482 g/mol. The topological polar surface area (TPSA) is 80.7 Å². The minimum absolute atomic E-state index is 0.000759. The van der Waals surface area contributed by atoms with Crippen LogP contribution in [0.3, 0.4) is 0 Å². The second-order valence-electron chi connectivity index (χ2n) is 11.0. The maximum Gasteiger partial charge on any atom is 0.312 e. The number of fused-ring (bicyclic) bond motifs is 5. The average molecular weight is 483 g/mol. The van der Waals surface area contributed by atoms with Crippen molar-refractivity contribution >= 4 is 29.5 Å². The Bertz CT molecular complexity index is 960. The summed E-state index contributed by atoms with van der Waals surface area (Å²) in [5, 5.41) is 9.50. The van der Waals surface area contributed by atoms with Gasteiger partial charge in [-0.15, -0.1) is 12.6 Å². The molecule has 0 radical (unpaired) electrons. The Kier molecular flexibility index (Phi) is 5.76. The summed E-state index contributed by atoms with van der Waals surface area (Å²) in [6.45, 7) is 6.30. The zero-order chi connectivity index (χ0) is 24.6. The molecule has 8 heteroatoms. The van der Waals surface area contributed by atoms with E-state index in [2.05, 4.69) is 12.6 Å². The summed E-state index contributed by atoms with van der Waals surface area (Å²) in [6.07, 6.45) is 3.92. The first kappa shape index (κ1) is 24.6. The first-order valence-corrected chi connectivity index (χ1v) is 12.1. The van der Waals surface area contributed by atoms with E-state index in [1.54, 1.807) is 6.92 Å². The Morgan fingerprint density at radius 1 is 1.27 bits per heavy atom. The number of carbonyl (C=O) groups is 3. The number of aliphatic hydroxyl groups is 1. The van der Waals surface area contributed by atoms with Gasteiger partial charge in [0, 0.05) is 16.7 Å². The minimum atomic E-state index is -1.97. The molecule has 4 aliphatic rings. The van der Waals surface area contributed by atoms with Gasteiger partial charge in [-0.05, 0) is 76.5 Å². The van der Waals surface area contributed by atoms with Crippen LogP contribution in [0.15, 0.2) is 23.8 Å². The van der Waals surface area contributed by atoms with Gasteiger partial charge in [0.05, 0.1) is 5.92 Å². The van der Waals surface area contributed by atoms with Crippen molar-refractivity contribution < 1.29 is 33.0 Å². The molecule has 0 aromatic rings. The molecule has 2 unspecified atom stereocenters. The highest BCUT2D eigenvalue weighted by atomic mass is 32.1. The number of thiol groups is 1. The Morgan fingerprint density at radius 3 is 2.58 bits per heavy atom. The van der Waals surface area contributed by atoms with E-state index < -0.39 is 57.3 Å². The maximum absolute atomic E-state index is 16.9. The predicted octanol–water partition coefficient (Wildman–Crippen LogP) is 4.09. The number of hydrogen-bond donors (Lipinski definition) is 2. The summed E-state index contributed by atoms with van der Waals surface area (Å²) >= 11 is 3.67. The fraction of sp³-hybridized carbons (Fsp3) is 0.720. The highest BCUT2D eigenvalue weighted by Gasteiger charge is 2.69. The maximum atomic E-state index is 16.9. The van der Waals surface area contributed by atoms with Crippen molar-refractivity contribution in [2.75, 3.05) is 0 Å². The van der Waals surface area contributed by atoms with Crippen molar-refractivity contribution in [1.82, 2.24) is 0 Å². The lowest BCUT2D eigenvalue weighted by molar-refractivity contribution is -0.180. The molecule has 0 heterocycles. The molecule has 0 saturated heterocycles. The third-order valence-electron chi connectivity index (χ3n) is 9.45. The molecule has 4 aliphatic carbocycles. The summed E-state index contributed by atoms with van der Waals surface area (Å²) < 4.78 is 38.0. The van der Waals surface area contributed by atoms with Crippen molar-refractivity contribution in [3.8, 4) is 0 Å². The molecule has 3 saturated carbocycles. The summed E-state index contributed by atoms with van der Waals surface area (Å²) in [4.78, 5) is 36.3. The van der Waals surface area contributed by atoms with Crippen LogP contribution in [0.5, 0.6) is 0 Å². The third kappa shape index (κ3) is 3.38. The highest BCUT2D eigenvalue weighted by molar-refractivity contribution is 7.96. The summed E-state index contributed by atoms with van der Waals surface area (Å²) in [5.41, 5.74) is -5.16. The van der Waals surface area contributed by atoms with Gasteiger partial charge < -0.3 is 9.84 Å². The Labute approximate surface area is 198 Å². The van der Waals surface area contributed by atoms with Crippen LogP contribution < -0.4 is 0 Å². The smallest absolute Gasteiger partial charge is 0.312 e. The number of hydrogen-bond acceptors (Lipinski definition) is 5. The summed E-state index contributed by atoms with van der Waals surface area (Å²) in [5.74, 6) is -2.90. The number of esters is 1. The molecule has 1 N–H and O–H groups in total. The first-order chi connectivity index (χ1) is 15.2. The zero-order valence-corrected chi connectivity index (χ0v) is 20.3. The van der Waals surface area contributed by atoms with Crippen LogP contribution in [0, 0.1) is 28.6 Å². The van der Waals surface area contributed by atoms with E-state index in [0.717, 1.165) is 0 Å². The van der Waals surface area contributed by atoms with E-state index in [9.17, 15) is 19.5 Å². The molecule has 0 amide bonds. The molecule has 0 spiro atoms. The largest absolute Gasteiger partial charge is 0.461 e. The molecule has 182 valence electrons. The van der Waals surface area contributed by atoms with Crippen molar-refractivity contribution in [3.63, 3.8) is 0 Å². The SMILES string of the molecule is CC(C(=O)O[C@@H]1CC[C@H]2[C@@H]3C[C@H](F)C4=CC(=O)C=C[C@]4(C)[C@@]3(F)CC[C@]12C)C(C)(O)C(=O)S. The van der Waals surface area contributed by atoms with Gasteiger partial charge >= 0.3 is 5.97 Å². The molecule has 3 fully saturated rings. The number of ether oxygens (including phenoxy) is 1. The van der Waals surface area contributed by atoms with Gasteiger partial charge in [-0.2, -0.15) is 0 Å². The number of rotatable bonds is 4. The number of ketones is 1. The lowest BCUT2D eigenvalue weighted by atomic mass is 9.46. The normalized spacial score (nSPS) is 44.6. The molecule has 9 atom stereocenters. The van der Waals surface area contributed by atoms with E-state index in [-0.39, 0.29) is 30.1 Å². The fourth-order valence-corrected chi connectivity index (χ4v) is 7.07. The first-order valence-electron chi connectivity index (χ1n) is 11.6. The third-order valence-corrected chi connectivity index (χ3v) is 9.90. The van der Waals surface area contributed by atoms with E-state index in [4.69, 9.17) is 4.74 Å². The van der Waals surface area contributed by atoms with Crippen LogP contribution in [0.25, 0.3) is 0 Å². The second-order valence-corrected chi connectivity index (χ2v) is 11.4. The van der Waals surface area contributed by atoms with Gasteiger partial charge in [-0.1, -0.05) is 13.0 Å². The van der Waals surface area contributed by atoms with Gasteiger partial charge in [0.25, 0.3) is 0 Å². The van der Waals surface area contributed by atoms with Gasteiger partial charge in [-0.3, -0.25) is 14.4 Å². The zero-order valence-electron chi connectivity index (χ0n) is 19.4. The lowest BCUT2D eigenvalue weighted by Crippen LogP contribution is -2.62. The Balaban J connectivity index is 1.60. The van der Waals surface area contributed by atoms with E-state index in [0.29, 0.717) is 19.3 Å². The van der Waals surface area contributed by atoms with Crippen molar-refractivity contribution in [1.29, 1.82) is 0 Å². The second kappa shape index (κ2) is 7.74. The molecule has 4 rings (SSSR count). The van der Waals surface area contributed by atoms with Gasteiger partial charge in [0.1, 0.15) is 23.5 Å². The van der Waals surface area contributed by atoms with E-state index in [1.165, 1.54) is 32.1 Å². The standard InChI is InChI=1S/C25H32F2O5S/c1-13(24(4,31)21(30)33)20(29)32-19-6-5-15-16-12-18(26)17-11-14(28)7-8-23(17,3)25(16,27)10-9-22(15,19)2/h7-8,11,13,15-16,18-19,31H,5-6,9-10,12H2,1-4H3,(H,30,33)/t13?,15-,16-,18-,19+,22-,23-,24?,25+/m0/s1. The molecule has 0 aromatic carbocycles. The number of alkyl halides is 2. The number of halogens is 2. The summed E-state index contributed by atoms with van der Waals surface area (Å²) in [7, 11) is 0. The van der Waals surface area contributed by atoms with Crippen LogP contribution in [0.4, 0.5) is 8.78 Å². The van der Waals surface area contributed by atoms with Gasteiger partial charge in [0.2, 0.25) is 5.12 Å². The highest BCUT2D eigenvalue weighted by Crippen LogP contribution is 2.68. The van der Waals surface area contributed by atoms with Gasteiger partial charge in [0.15, 0.2) is 5.78 Å². The number of carbonyl (C=O) groups excluding carboxylic acids is 3. The number of allylic oxidation sites excluding steroid dienone is 4. The minimum Gasteiger partial charge on any atom is -0.461 e. The molecule has 0 bridgehead atoms. The predicted molar refractivity (Wildman–Crippen MR) is 121 cm³/mol. The Hall–Kier alpha value is -1.54. The van der Waals surface area contributed by atoms with Crippen LogP contribution in [0.1, 0.15) is 59.8 Å². The van der Waals surface area contributed by atoms with Crippen LogP contribution in [0.2, 0.25) is 0 Å². The molecule has 5 nitrogen and oxygen atoms in total. The molecule has 0 aliphatic heterocycles. The fourth-order valence-electron chi connectivity index (χ4n) is 6.88. The van der Waals surface area contributed by atoms with E-state index >= 15 is 8.78 Å². The van der Waals surface area contributed by atoms with E-state index in [1.807, 2.05) is 6.92 Å². The quantitative estimate of drug-likeness (QED) is 0.466. The van der Waals surface area contributed by atoms with Gasteiger partial charge in [-0.25, -0.2) is 8.78 Å². The van der Waals surface area contributed by atoms with Crippen molar-refractivity contribution in [3.05, 3.63) is 23.8 Å². The molecule has 33 heavy (non-hydrogen) atoms. The summed E-state index contributed by atoms with van der Waals surface area (Å²) in [6, 6.07) is 0. The average Bonchev–Trinajstić information content (AvgIpc) is 3.06. The molecular formula is C25H32F2O5S. The van der Waals surface area contributed by atoms with Crippen LogP contribution in [-0.4, -0.2) is 45.5 Å². The van der Waals surface area contributed by atoms with Crippen molar-refractivity contribution in [2.24, 2.45) is 28.6 Å². The van der Waals surface area contributed by atoms with Crippen LogP contribution in [-0.2, 0) is 19.1 Å².